The van der Waals surface area contributed by atoms with Crippen molar-refractivity contribution in [2.75, 3.05) is 19.3 Å². The number of sulfonamides is 1. The van der Waals surface area contributed by atoms with Gasteiger partial charge in [0.25, 0.3) is 0 Å². The maximum absolute atomic E-state index is 11.9. The molecule has 0 bridgehead atoms. The molecule has 1 saturated heterocycles. The lowest BCUT2D eigenvalue weighted by atomic mass is 9.98. The van der Waals surface area contributed by atoms with Crippen LogP contribution in [0.4, 0.5) is 0 Å². The highest BCUT2D eigenvalue weighted by atomic mass is 32.2. The molecule has 0 radical (unpaired) electrons. The Morgan fingerprint density at radius 3 is 2.56 bits per heavy atom. The summed E-state index contributed by atoms with van der Waals surface area (Å²) in [5.41, 5.74) is 0. The van der Waals surface area contributed by atoms with Gasteiger partial charge in [-0.05, 0) is 19.8 Å². The van der Waals surface area contributed by atoms with Gasteiger partial charge in [-0.2, -0.15) is 0 Å². The van der Waals surface area contributed by atoms with Crippen molar-refractivity contribution < 1.29 is 23.1 Å². The third kappa shape index (κ3) is 4.26. The zero-order chi connectivity index (χ0) is 13.9. The standard InChI is InChI=1S/C10H18N2O5S/c1-7(11-18(2,16)17)9(13)12-5-3-4-8(6-12)10(14)15/h7-8,11H,3-6H2,1-2H3,(H,14,15). The number of carboxylic acid groups (broad SMARTS) is 1. The predicted molar refractivity (Wildman–Crippen MR) is 64.4 cm³/mol. The van der Waals surface area contributed by atoms with Crippen LogP contribution in [-0.4, -0.2) is 55.7 Å². The minimum absolute atomic E-state index is 0.143. The number of carbonyl (C=O) groups is 2. The van der Waals surface area contributed by atoms with E-state index in [0.717, 1.165) is 6.26 Å². The molecule has 0 aliphatic carbocycles. The highest BCUT2D eigenvalue weighted by molar-refractivity contribution is 7.88. The van der Waals surface area contributed by atoms with Crippen LogP contribution in [0.3, 0.4) is 0 Å². The van der Waals surface area contributed by atoms with Crippen LogP contribution in [-0.2, 0) is 19.6 Å². The molecule has 0 saturated carbocycles. The molecule has 1 fully saturated rings. The molecular weight excluding hydrogens is 260 g/mol. The fourth-order valence-electron chi connectivity index (χ4n) is 2.02. The molecular formula is C10H18N2O5S. The Bertz CT molecular complexity index is 434. The first-order valence-corrected chi connectivity index (χ1v) is 7.58. The molecule has 0 aromatic heterocycles. The lowest BCUT2D eigenvalue weighted by molar-refractivity contribution is -0.146. The Labute approximate surface area is 106 Å². The summed E-state index contributed by atoms with van der Waals surface area (Å²) < 4.78 is 24.2. The van der Waals surface area contributed by atoms with Crippen molar-refractivity contribution >= 4 is 21.9 Å². The highest BCUT2D eigenvalue weighted by Gasteiger charge is 2.30. The van der Waals surface area contributed by atoms with E-state index < -0.39 is 28.0 Å². The van der Waals surface area contributed by atoms with Gasteiger partial charge < -0.3 is 10.0 Å². The average Bonchev–Trinajstić information content (AvgIpc) is 2.26. The minimum atomic E-state index is -3.45. The topological polar surface area (TPSA) is 104 Å². The van der Waals surface area contributed by atoms with E-state index in [1.807, 2.05) is 0 Å². The molecule has 1 heterocycles. The highest BCUT2D eigenvalue weighted by Crippen LogP contribution is 2.17. The smallest absolute Gasteiger partial charge is 0.308 e. The molecule has 1 amide bonds. The van der Waals surface area contributed by atoms with Crippen molar-refractivity contribution in [3.8, 4) is 0 Å². The monoisotopic (exact) mass is 278 g/mol. The molecule has 0 aromatic carbocycles. The average molecular weight is 278 g/mol. The van der Waals surface area contributed by atoms with Crippen molar-refractivity contribution in [3.63, 3.8) is 0 Å². The van der Waals surface area contributed by atoms with Crippen LogP contribution in [0.2, 0.25) is 0 Å². The van der Waals surface area contributed by atoms with Gasteiger partial charge in [0, 0.05) is 13.1 Å². The summed E-state index contributed by atoms with van der Waals surface area (Å²) >= 11 is 0. The molecule has 1 rings (SSSR count). The van der Waals surface area contributed by atoms with Gasteiger partial charge in [0.05, 0.1) is 18.2 Å². The second-order valence-corrected chi connectivity index (χ2v) is 6.35. The molecule has 2 atom stereocenters. The lowest BCUT2D eigenvalue weighted by Crippen LogP contribution is -2.50. The molecule has 2 unspecified atom stereocenters. The first-order chi connectivity index (χ1) is 8.20. The SMILES string of the molecule is CC(NS(C)(=O)=O)C(=O)N1CCCC(C(=O)O)C1. The molecule has 8 heteroatoms. The molecule has 1 aliphatic heterocycles. The van der Waals surface area contributed by atoms with E-state index in [0.29, 0.717) is 19.4 Å². The summed E-state index contributed by atoms with van der Waals surface area (Å²) in [6.45, 7) is 2.07. The lowest BCUT2D eigenvalue weighted by Gasteiger charge is -2.32. The maximum atomic E-state index is 11.9. The Hall–Kier alpha value is -1.15. The zero-order valence-electron chi connectivity index (χ0n) is 10.4. The van der Waals surface area contributed by atoms with Gasteiger partial charge >= 0.3 is 5.97 Å². The largest absolute Gasteiger partial charge is 0.481 e. The van der Waals surface area contributed by atoms with E-state index in [1.54, 1.807) is 0 Å². The summed E-state index contributed by atoms with van der Waals surface area (Å²) in [7, 11) is -3.45. The van der Waals surface area contributed by atoms with Crippen LogP contribution in [0.5, 0.6) is 0 Å². The van der Waals surface area contributed by atoms with Crippen LogP contribution in [0.1, 0.15) is 19.8 Å². The Kier molecular flexibility index (Phi) is 4.69. The van der Waals surface area contributed by atoms with Crippen molar-refractivity contribution in [1.29, 1.82) is 0 Å². The number of carboxylic acids is 1. The third-order valence-corrected chi connectivity index (χ3v) is 3.63. The zero-order valence-corrected chi connectivity index (χ0v) is 11.2. The van der Waals surface area contributed by atoms with Gasteiger partial charge in [-0.15, -0.1) is 0 Å². The predicted octanol–water partition coefficient (Wildman–Crippen LogP) is -0.753. The Morgan fingerprint density at radius 2 is 2.06 bits per heavy atom. The maximum Gasteiger partial charge on any atom is 0.308 e. The number of hydrogen-bond acceptors (Lipinski definition) is 4. The van der Waals surface area contributed by atoms with Gasteiger partial charge in [-0.1, -0.05) is 0 Å². The number of carbonyl (C=O) groups excluding carboxylic acids is 1. The fraction of sp³-hybridized carbons (Fsp3) is 0.800. The first kappa shape index (κ1) is 14.9. The Balaban J connectivity index is 2.63. The second-order valence-electron chi connectivity index (χ2n) is 4.57. The van der Waals surface area contributed by atoms with E-state index in [4.69, 9.17) is 5.11 Å². The number of rotatable bonds is 4. The first-order valence-electron chi connectivity index (χ1n) is 5.69. The van der Waals surface area contributed by atoms with Crippen LogP contribution in [0.15, 0.2) is 0 Å². The summed E-state index contributed by atoms with van der Waals surface area (Å²) in [6.07, 6.45) is 2.15. The normalized spacial score (nSPS) is 22.6. The molecule has 7 nitrogen and oxygen atoms in total. The number of nitrogens with one attached hydrogen (secondary N) is 1. The summed E-state index contributed by atoms with van der Waals surface area (Å²) in [5, 5.41) is 8.91. The van der Waals surface area contributed by atoms with Crippen molar-refractivity contribution in [3.05, 3.63) is 0 Å². The van der Waals surface area contributed by atoms with Gasteiger partial charge in [0.15, 0.2) is 0 Å². The molecule has 0 aromatic rings. The molecule has 1 aliphatic rings. The van der Waals surface area contributed by atoms with Gasteiger partial charge in [-0.3, -0.25) is 9.59 Å². The molecule has 18 heavy (non-hydrogen) atoms. The Morgan fingerprint density at radius 1 is 1.44 bits per heavy atom. The summed E-state index contributed by atoms with van der Waals surface area (Å²) in [4.78, 5) is 24.2. The number of aliphatic carboxylic acids is 1. The van der Waals surface area contributed by atoms with Crippen molar-refractivity contribution in [1.82, 2.24) is 9.62 Å². The van der Waals surface area contributed by atoms with Crippen LogP contribution in [0.25, 0.3) is 0 Å². The number of likely N-dealkylation sites (tertiary alicyclic amines) is 1. The van der Waals surface area contributed by atoms with Crippen LogP contribution < -0.4 is 4.72 Å². The summed E-state index contributed by atoms with van der Waals surface area (Å²) in [6, 6.07) is -0.868. The van der Waals surface area contributed by atoms with Crippen molar-refractivity contribution in [2.45, 2.75) is 25.8 Å². The quantitative estimate of drug-likeness (QED) is 0.704. The second kappa shape index (κ2) is 5.66. The third-order valence-electron chi connectivity index (χ3n) is 2.84. The number of hydrogen-bond donors (Lipinski definition) is 2. The van der Waals surface area contributed by atoms with E-state index >= 15 is 0 Å². The van der Waals surface area contributed by atoms with E-state index in [9.17, 15) is 18.0 Å². The minimum Gasteiger partial charge on any atom is -0.481 e. The molecule has 0 spiro atoms. The van der Waals surface area contributed by atoms with Crippen LogP contribution in [0, 0.1) is 5.92 Å². The van der Waals surface area contributed by atoms with Crippen molar-refractivity contribution in [2.24, 2.45) is 5.92 Å². The fourth-order valence-corrected chi connectivity index (χ4v) is 2.77. The van der Waals surface area contributed by atoms with Gasteiger partial charge in [0.1, 0.15) is 0 Å². The van der Waals surface area contributed by atoms with Gasteiger partial charge in [0.2, 0.25) is 15.9 Å². The van der Waals surface area contributed by atoms with E-state index in [2.05, 4.69) is 4.72 Å². The van der Waals surface area contributed by atoms with E-state index in [-0.39, 0.29) is 12.5 Å². The number of piperidine rings is 1. The summed E-state index contributed by atoms with van der Waals surface area (Å²) in [5.74, 6) is -1.87. The van der Waals surface area contributed by atoms with Crippen LogP contribution >= 0.6 is 0 Å². The number of nitrogens with zero attached hydrogens (tertiary/aromatic N) is 1. The molecule has 104 valence electrons. The number of amides is 1. The van der Waals surface area contributed by atoms with E-state index in [1.165, 1.54) is 11.8 Å². The van der Waals surface area contributed by atoms with Gasteiger partial charge in [-0.25, -0.2) is 13.1 Å². The molecule has 2 N–H and O–H groups in total.